The fourth-order valence-electron chi connectivity index (χ4n) is 10.3. The van der Waals surface area contributed by atoms with Gasteiger partial charge < -0.3 is 0 Å². The zero-order valence-electron chi connectivity index (χ0n) is 39.5. The topological polar surface area (TPSA) is 12.4 Å². The van der Waals surface area contributed by atoms with E-state index in [4.69, 9.17) is 4.99 Å². The highest BCUT2D eigenvalue weighted by Crippen LogP contribution is 2.46. The molecule has 1 aliphatic rings. The molecule has 66 heavy (non-hydrogen) atoms. The van der Waals surface area contributed by atoms with Crippen molar-refractivity contribution in [1.29, 1.82) is 0 Å². The summed E-state index contributed by atoms with van der Waals surface area (Å²) in [6.07, 6.45) is 11.7. The lowest BCUT2D eigenvalue weighted by molar-refractivity contribution is 1.05. The monoisotopic (exact) mass is 853 g/mol. The van der Waals surface area contributed by atoms with Gasteiger partial charge in [-0.1, -0.05) is 176 Å². The SMILES string of the molecule is C/C=C/C(=NC)c1cc(C2=C(c3cccc(-c4ccccc4C)c3C)C=CCC2)c(Cc2ccccc2-c2ccccc2C)c(-c2ccccc2-c2cccc(-c3ccccc3C)c2C)c1. The van der Waals surface area contributed by atoms with Gasteiger partial charge in [0.1, 0.15) is 0 Å². The fraction of sp³-hybridized carbons (Fsp3) is 0.154. The van der Waals surface area contributed by atoms with Crippen molar-refractivity contribution in [2.24, 2.45) is 4.99 Å². The van der Waals surface area contributed by atoms with E-state index in [-0.39, 0.29) is 0 Å². The maximum absolute atomic E-state index is 4.94. The summed E-state index contributed by atoms with van der Waals surface area (Å²) >= 11 is 0. The summed E-state index contributed by atoms with van der Waals surface area (Å²) in [5.41, 5.74) is 28.9. The third-order valence-corrected chi connectivity index (χ3v) is 13.8. The van der Waals surface area contributed by atoms with Crippen LogP contribution in [0.5, 0.6) is 0 Å². The number of allylic oxidation sites excluding steroid dienone is 6. The Bertz CT molecular complexity index is 3240. The second-order valence-electron chi connectivity index (χ2n) is 17.8. The van der Waals surface area contributed by atoms with Crippen LogP contribution in [0.4, 0.5) is 0 Å². The van der Waals surface area contributed by atoms with Crippen LogP contribution in [0.1, 0.15) is 75.4 Å². The first-order chi connectivity index (χ1) is 32.3. The number of aliphatic imine (C=N–C) groups is 1. The molecule has 0 atom stereocenters. The van der Waals surface area contributed by atoms with Crippen LogP contribution in [0.25, 0.3) is 66.8 Å². The van der Waals surface area contributed by atoms with Gasteiger partial charge in [0.25, 0.3) is 0 Å². The van der Waals surface area contributed by atoms with Crippen molar-refractivity contribution in [2.45, 2.75) is 60.8 Å². The first-order valence-corrected chi connectivity index (χ1v) is 23.5. The van der Waals surface area contributed by atoms with Gasteiger partial charge in [-0.15, -0.1) is 0 Å². The number of hydrogen-bond donors (Lipinski definition) is 0. The summed E-state index contributed by atoms with van der Waals surface area (Å²) in [6, 6.07) is 63.0. The second-order valence-corrected chi connectivity index (χ2v) is 17.8. The third kappa shape index (κ3) is 8.50. The maximum Gasteiger partial charge on any atom is 0.0640 e. The minimum absolute atomic E-state index is 0.747. The first kappa shape index (κ1) is 43.9. The van der Waals surface area contributed by atoms with Crippen molar-refractivity contribution >= 4 is 16.9 Å². The van der Waals surface area contributed by atoms with E-state index in [1.807, 2.05) is 7.05 Å². The smallest absolute Gasteiger partial charge is 0.0640 e. The standard InChI is InChI=1S/C65H59N/c1-8-23-65(66-7)49-41-62(60-34-19-17-32-58(60)55-38-21-36-53(46(55)5)50-28-13-9-24-43(50)2)64(40-48-27-12-16-31-57(48)52-30-15-11-26-45(52)4)63(42-49)61-35-20-18-33-59(61)56-39-22-37-54(47(56)6)51-29-14-10-25-44(51)3/h8-19,21-34,36-39,41-42H,20,35,40H2,1-7H3/b23-8+,66-65?. The van der Waals surface area contributed by atoms with Gasteiger partial charge in [-0.3, -0.25) is 4.99 Å². The summed E-state index contributed by atoms with van der Waals surface area (Å²) in [4.78, 5) is 4.94. The molecule has 0 radical (unpaired) electrons. The lowest BCUT2D eigenvalue weighted by atomic mass is 9.78. The molecular formula is C65H59N. The molecule has 0 aliphatic heterocycles. The molecule has 0 unspecified atom stereocenters. The molecular weight excluding hydrogens is 795 g/mol. The molecule has 1 aliphatic carbocycles. The molecule has 0 fully saturated rings. The molecule has 1 nitrogen and oxygen atoms in total. The Morgan fingerprint density at radius 3 is 1.47 bits per heavy atom. The first-order valence-electron chi connectivity index (χ1n) is 23.5. The van der Waals surface area contributed by atoms with Crippen LogP contribution in [0.2, 0.25) is 0 Å². The van der Waals surface area contributed by atoms with E-state index in [2.05, 4.69) is 236 Å². The summed E-state index contributed by atoms with van der Waals surface area (Å²) in [5.74, 6) is 0. The fourth-order valence-corrected chi connectivity index (χ4v) is 10.3. The number of nitrogens with zero attached hydrogens (tertiary/aromatic N) is 1. The predicted molar refractivity (Wildman–Crippen MR) is 285 cm³/mol. The van der Waals surface area contributed by atoms with E-state index in [1.165, 1.54) is 117 Å². The highest BCUT2D eigenvalue weighted by molar-refractivity contribution is 6.11. The van der Waals surface area contributed by atoms with Crippen LogP contribution in [0.3, 0.4) is 0 Å². The second kappa shape index (κ2) is 19.4. The van der Waals surface area contributed by atoms with Crippen molar-refractivity contribution < 1.29 is 0 Å². The molecule has 0 spiro atoms. The van der Waals surface area contributed by atoms with Gasteiger partial charge in [0.05, 0.1) is 5.71 Å². The quantitative estimate of drug-likeness (QED) is 0.115. The Hall–Kier alpha value is -7.35. The molecule has 0 amide bonds. The van der Waals surface area contributed by atoms with Crippen LogP contribution in [0, 0.1) is 34.6 Å². The van der Waals surface area contributed by atoms with Crippen LogP contribution >= 0.6 is 0 Å². The Morgan fingerprint density at radius 1 is 0.470 bits per heavy atom. The van der Waals surface area contributed by atoms with Gasteiger partial charge in [0.15, 0.2) is 0 Å². The molecule has 1 heteroatoms. The maximum atomic E-state index is 4.94. The summed E-state index contributed by atoms with van der Waals surface area (Å²) < 4.78 is 0. The zero-order valence-corrected chi connectivity index (χ0v) is 39.5. The number of hydrogen-bond acceptors (Lipinski definition) is 1. The number of aryl methyl sites for hydroxylation is 3. The molecule has 8 aromatic rings. The van der Waals surface area contributed by atoms with Gasteiger partial charge >= 0.3 is 0 Å². The predicted octanol–water partition coefficient (Wildman–Crippen LogP) is 17.4. The lowest BCUT2D eigenvalue weighted by Gasteiger charge is -2.26. The van der Waals surface area contributed by atoms with Crippen LogP contribution < -0.4 is 0 Å². The van der Waals surface area contributed by atoms with Gasteiger partial charge in [-0.25, -0.2) is 0 Å². The zero-order chi connectivity index (χ0) is 45.7. The van der Waals surface area contributed by atoms with Crippen molar-refractivity contribution in [2.75, 3.05) is 7.05 Å². The molecule has 0 aromatic heterocycles. The Morgan fingerprint density at radius 2 is 0.909 bits per heavy atom. The Labute approximate surface area is 393 Å². The summed E-state index contributed by atoms with van der Waals surface area (Å²) in [7, 11) is 1.92. The molecule has 0 N–H and O–H groups in total. The van der Waals surface area contributed by atoms with Crippen LogP contribution in [-0.4, -0.2) is 12.8 Å². The average molecular weight is 854 g/mol. The van der Waals surface area contributed by atoms with Crippen molar-refractivity contribution in [3.8, 4) is 55.6 Å². The summed E-state index contributed by atoms with van der Waals surface area (Å²) in [6.45, 7) is 13.3. The number of rotatable bonds is 11. The van der Waals surface area contributed by atoms with Gasteiger partial charge in [0, 0.05) is 12.6 Å². The Balaban J connectivity index is 1.37. The molecule has 0 heterocycles. The van der Waals surface area contributed by atoms with Gasteiger partial charge in [-0.05, 0) is 196 Å². The van der Waals surface area contributed by atoms with Gasteiger partial charge in [-0.2, -0.15) is 0 Å². The lowest BCUT2D eigenvalue weighted by Crippen LogP contribution is -2.08. The highest BCUT2D eigenvalue weighted by Gasteiger charge is 2.25. The molecule has 0 bridgehead atoms. The summed E-state index contributed by atoms with van der Waals surface area (Å²) in [5, 5.41) is 0. The number of benzene rings is 8. The van der Waals surface area contributed by atoms with Crippen molar-refractivity contribution in [3.05, 3.63) is 250 Å². The van der Waals surface area contributed by atoms with Crippen LogP contribution in [-0.2, 0) is 6.42 Å². The van der Waals surface area contributed by atoms with E-state index in [1.54, 1.807) is 0 Å². The minimum atomic E-state index is 0.747. The van der Waals surface area contributed by atoms with Gasteiger partial charge in [0.2, 0.25) is 0 Å². The normalized spacial score (nSPS) is 12.9. The van der Waals surface area contributed by atoms with Crippen molar-refractivity contribution in [1.82, 2.24) is 0 Å². The molecule has 0 saturated carbocycles. The Kier molecular flexibility index (Phi) is 12.9. The molecule has 8 aromatic carbocycles. The van der Waals surface area contributed by atoms with E-state index in [9.17, 15) is 0 Å². The average Bonchev–Trinajstić information content (AvgIpc) is 3.34. The van der Waals surface area contributed by atoms with E-state index >= 15 is 0 Å². The van der Waals surface area contributed by atoms with Crippen LogP contribution in [0.15, 0.2) is 199 Å². The van der Waals surface area contributed by atoms with Crippen molar-refractivity contribution in [3.63, 3.8) is 0 Å². The van der Waals surface area contributed by atoms with E-state index < -0.39 is 0 Å². The molecule has 0 saturated heterocycles. The largest absolute Gasteiger partial charge is 0.288 e. The molecule has 324 valence electrons. The van der Waals surface area contributed by atoms with E-state index in [0.717, 1.165) is 30.5 Å². The van der Waals surface area contributed by atoms with E-state index in [0.29, 0.717) is 0 Å². The third-order valence-electron chi connectivity index (χ3n) is 13.8. The molecule has 9 rings (SSSR count). The highest BCUT2D eigenvalue weighted by atomic mass is 14.7. The minimum Gasteiger partial charge on any atom is -0.288 e.